The molecule has 9 heteroatoms. The van der Waals surface area contributed by atoms with Crippen molar-refractivity contribution in [1.29, 1.82) is 0 Å². The topological polar surface area (TPSA) is 92.2 Å². The maximum absolute atomic E-state index is 14.4. The standard InChI is InChI=1S/C23H13ClFN3O3S/c24-23-21-10-15(12-27-23)14-1-5-20-17(9-14)13(7-8-26-20)2-6-22(29)18-11-16(3-4-19(18)25)32(30,31)28-21/h1,3-5,7-12,22,28-29H. The number of benzene rings is 2. The highest BCUT2D eigenvalue weighted by Crippen LogP contribution is 2.31. The Morgan fingerprint density at radius 2 is 1.91 bits per heavy atom. The monoisotopic (exact) mass is 465 g/mol. The Bertz CT molecular complexity index is 1580. The van der Waals surface area contributed by atoms with E-state index in [1.54, 1.807) is 24.4 Å². The number of aliphatic hydroxyl groups is 1. The van der Waals surface area contributed by atoms with E-state index in [2.05, 4.69) is 26.5 Å². The van der Waals surface area contributed by atoms with Crippen LogP contribution in [0.2, 0.25) is 5.15 Å². The summed E-state index contributed by atoms with van der Waals surface area (Å²) in [6.45, 7) is 0. The van der Waals surface area contributed by atoms with Crippen molar-refractivity contribution in [2.75, 3.05) is 4.72 Å². The molecule has 1 atom stereocenters. The second-order valence-corrected chi connectivity index (χ2v) is 9.15. The zero-order valence-corrected chi connectivity index (χ0v) is 17.7. The van der Waals surface area contributed by atoms with Crippen molar-refractivity contribution in [2.24, 2.45) is 0 Å². The van der Waals surface area contributed by atoms with Crippen molar-refractivity contribution in [1.82, 2.24) is 9.97 Å². The summed E-state index contributed by atoms with van der Waals surface area (Å²) >= 11 is 6.15. The minimum Gasteiger partial charge on any atom is -0.376 e. The molecule has 0 spiro atoms. The number of fused-ring (bicyclic) bond motifs is 6. The Balaban J connectivity index is 1.83. The number of sulfonamides is 1. The van der Waals surface area contributed by atoms with Gasteiger partial charge in [0.2, 0.25) is 0 Å². The number of halogens is 2. The van der Waals surface area contributed by atoms with Crippen molar-refractivity contribution in [2.45, 2.75) is 11.0 Å². The van der Waals surface area contributed by atoms with Crippen LogP contribution in [0.4, 0.5) is 10.1 Å². The molecule has 2 aromatic carbocycles. The van der Waals surface area contributed by atoms with Gasteiger partial charge in [-0.15, -0.1) is 0 Å². The highest BCUT2D eigenvalue weighted by molar-refractivity contribution is 7.92. The van der Waals surface area contributed by atoms with Crippen LogP contribution in [0.3, 0.4) is 0 Å². The van der Waals surface area contributed by atoms with Gasteiger partial charge >= 0.3 is 0 Å². The number of anilines is 1. The molecule has 1 aliphatic heterocycles. The lowest BCUT2D eigenvalue weighted by molar-refractivity contribution is 0.232. The van der Waals surface area contributed by atoms with Crippen LogP contribution < -0.4 is 4.72 Å². The molecular formula is C23H13ClFN3O3S. The summed E-state index contributed by atoms with van der Waals surface area (Å²) in [7, 11) is -4.15. The summed E-state index contributed by atoms with van der Waals surface area (Å²) < 4.78 is 42.7. The number of hydrogen-bond donors (Lipinski definition) is 2. The second-order valence-electron chi connectivity index (χ2n) is 7.11. The molecule has 0 radical (unpaired) electrons. The highest BCUT2D eigenvalue weighted by atomic mass is 35.5. The number of nitrogens with one attached hydrogen (secondary N) is 1. The first-order chi connectivity index (χ1) is 15.3. The molecule has 1 unspecified atom stereocenters. The summed E-state index contributed by atoms with van der Waals surface area (Å²) in [4.78, 5) is 8.19. The number of nitrogens with zero attached hydrogens (tertiary/aromatic N) is 2. The normalized spacial score (nSPS) is 16.4. The van der Waals surface area contributed by atoms with Crippen LogP contribution in [0.25, 0.3) is 22.0 Å². The van der Waals surface area contributed by atoms with Crippen molar-refractivity contribution >= 4 is 38.2 Å². The SMILES string of the molecule is O=S1(=O)Nc2cc(cnc2Cl)-c2ccc3nccc(c3c2)C#CC(O)c2cc1ccc2F. The molecule has 0 fully saturated rings. The van der Waals surface area contributed by atoms with Gasteiger partial charge in [0.15, 0.2) is 5.15 Å². The number of rotatable bonds is 0. The zero-order valence-electron chi connectivity index (χ0n) is 16.2. The molecule has 2 aromatic heterocycles. The van der Waals surface area contributed by atoms with E-state index in [-0.39, 0.29) is 21.3 Å². The molecule has 5 rings (SSSR count). The molecule has 0 saturated heterocycles. The second kappa shape index (κ2) is 7.57. The van der Waals surface area contributed by atoms with Gasteiger partial charge in [-0.1, -0.05) is 29.5 Å². The van der Waals surface area contributed by atoms with Gasteiger partial charge in [-0.2, -0.15) is 0 Å². The number of hydrogen-bond acceptors (Lipinski definition) is 5. The molecule has 158 valence electrons. The van der Waals surface area contributed by atoms with E-state index >= 15 is 0 Å². The molecule has 2 N–H and O–H groups in total. The maximum atomic E-state index is 14.4. The fourth-order valence-electron chi connectivity index (χ4n) is 3.44. The largest absolute Gasteiger partial charge is 0.376 e. The van der Waals surface area contributed by atoms with Crippen LogP contribution in [0, 0.1) is 17.7 Å². The van der Waals surface area contributed by atoms with Gasteiger partial charge in [0.25, 0.3) is 10.0 Å². The average Bonchev–Trinajstić information content (AvgIpc) is 2.78. The Labute approximate surface area is 187 Å². The predicted octanol–water partition coefficient (Wildman–Crippen LogP) is 4.29. The quantitative estimate of drug-likeness (QED) is 0.298. The molecule has 1 aliphatic rings. The molecule has 0 amide bonds. The summed E-state index contributed by atoms with van der Waals surface area (Å²) in [6.07, 6.45) is 1.57. The lowest BCUT2D eigenvalue weighted by Crippen LogP contribution is -2.14. The van der Waals surface area contributed by atoms with Crippen LogP contribution in [0.5, 0.6) is 0 Å². The van der Waals surface area contributed by atoms with Gasteiger partial charge in [0.1, 0.15) is 11.9 Å². The van der Waals surface area contributed by atoms with Gasteiger partial charge in [-0.25, -0.2) is 17.8 Å². The molecule has 6 nitrogen and oxygen atoms in total. The Hall–Kier alpha value is -3.51. The first-order valence-electron chi connectivity index (χ1n) is 9.38. The maximum Gasteiger partial charge on any atom is 0.262 e. The fraction of sp³-hybridized carbons (Fsp3) is 0.0435. The number of aromatic nitrogens is 2. The van der Waals surface area contributed by atoms with Crippen LogP contribution in [0.15, 0.2) is 65.8 Å². The van der Waals surface area contributed by atoms with Crippen LogP contribution in [-0.4, -0.2) is 23.5 Å². The van der Waals surface area contributed by atoms with Crippen LogP contribution >= 0.6 is 11.6 Å². The Kier molecular flexibility index (Phi) is 4.82. The molecule has 4 aromatic rings. The first kappa shape index (κ1) is 20.4. The van der Waals surface area contributed by atoms with E-state index in [0.29, 0.717) is 22.0 Å². The van der Waals surface area contributed by atoms with Crippen molar-refractivity contribution in [3.8, 4) is 23.0 Å². The summed E-state index contributed by atoms with van der Waals surface area (Å²) in [5.41, 5.74) is 2.41. The van der Waals surface area contributed by atoms with E-state index in [1.165, 1.54) is 6.20 Å². The average molecular weight is 466 g/mol. The third-order valence-corrected chi connectivity index (χ3v) is 6.74. The van der Waals surface area contributed by atoms with E-state index in [4.69, 9.17) is 11.6 Å². The van der Waals surface area contributed by atoms with Crippen molar-refractivity contribution in [3.63, 3.8) is 0 Å². The minimum atomic E-state index is -4.15. The number of pyridine rings is 2. The van der Waals surface area contributed by atoms with Gasteiger partial charge in [0.05, 0.1) is 16.1 Å². The van der Waals surface area contributed by atoms with E-state index in [9.17, 15) is 17.9 Å². The third-order valence-electron chi connectivity index (χ3n) is 5.07. The smallest absolute Gasteiger partial charge is 0.262 e. The highest BCUT2D eigenvalue weighted by Gasteiger charge is 2.21. The fourth-order valence-corrected chi connectivity index (χ4v) is 4.74. The Morgan fingerprint density at radius 3 is 2.75 bits per heavy atom. The lowest BCUT2D eigenvalue weighted by Gasteiger charge is -2.13. The Morgan fingerprint density at radius 1 is 1.06 bits per heavy atom. The van der Waals surface area contributed by atoms with Crippen molar-refractivity contribution in [3.05, 3.63) is 83.0 Å². The van der Waals surface area contributed by atoms with E-state index in [1.807, 2.05) is 12.1 Å². The summed E-state index contributed by atoms with van der Waals surface area (Å²) in [5.74, 6) is 4.69. The van der Waals surface area contributed by atoms with Gasteiger partial charge in [-0.05, 0) is 48.0 Å². The van der Waals surface area contributed by atoms with E-state index < -0.39 is 21.9 Å². The number of aliphatic hydroxyl groups excluding tert-OH is 1. The minimum absolute atomic E-state index is 0.0458. The van der Waals surface area contributed by atoms with E-state index in [0.717, 1.165) is 23.8 Å². The first-order valence-corrected chi connectivity index (χ1v) is 11.2. The molecule has 6 bridgehead atoms. The summed E-state index contributed by atoms with van der Waals surface area (Å²) in [6, 6.07) is 11.8. The molecule has 32 heavy (non-hydrogen) atoms. The molecule has 0 saturated carbocycles. The molecule has 3 heterocycles. The third kappa shape index (κ3) is 3.56. The summed E-state index contributed by atoms with van der Waals surface area (Å²) in [5, 5.41) is 11.2. The van der Waals surface area contributed by atoms with Gasteiger partial charge < -0.3 is 5.11 Å². The predicted molar refractivity (Wildman–Crippen MR) is 119 cm³/mol. The van der Waals surface area contributed by atoms with Crippen LogP contribution in [-0.2, 0) is 10.0 Å². The zero-order chi connectivity index (χ0) is 22.5. The molecular weight excluding hydrogens is 453 g/mol. The van der Waals surface area contributed by atoms with Crippen molar-refractivity contribution < 1.29 is 17.9 Å². The molecule has 0 aliphatic carbocycles. The van der Waals surface area contributed by atoms with Crippen LogP contribution in [0.1, 0.15) is 17.2 Å². The van der Waals surface area contributed by atoms with Gasteiger partial charge in [0, 0.05) is 34.5 Å². The lowest BCUT2D eigenvalue weighted by atomic mass is 10.0. The van der Waals surface area contributed by atoms with Gasteiger partial charge in [-0.3, -0.25) is 9.71 Å².